The molecule has 0 fully saturated rings. The van der Waals surface area contributed by atoms with Crippen LogP contribution in [0.15, 0.2) is 29.4 Å². The minimum absolute atomic E-state index is 0.343. The number of hydrogen-bond acceptors (Lipinski definition) is 2. The molecule has 1 heterocycles. The second kappa shape index (κ2) is 5.96. The number of rotatable bonds is 3. The number of nitrogens with one attached hydrogen (secondary N) is 1. The van der Waals surface area contributed by atoms with Gasteiger partial charge in [-0.3, -0.25) is 4.68 Å². The molecule has 2 rings (SSSR count). The molecule has 0 amide bonds. The summed E-state index contributed by atoms with van der Waals surface area (Å²) in [5, 5.41) is 7.86. The standard InChI is InChI=1S/C14H18ClN5/c1-9-4-5-11(6-10(9)2)18-14(16)17-7-13-12(15)8-20(3)19-13/h4-6,8H,7H2,1-3H3,(H3,16,17,18). The van der Waals surface area contributed by atoms with Crippen LogP contribution in [0.5, 0.6) is 0 Å². The SMILES string of the molecule is Cc1ccc(NC(N)=NCc2nn(C)cc2Cl)cc1C. The summed E-state index contributed by atoms with van der Waals surface area (Å²) in [4.78, 5) is 4.24. The molecule has 0 aliphatic carbocycles. The number of aryl methyl sites for hydroxylation is 3. The van der Waals surface area contributed by atoms with Crippen molar-refractivity contribution in [2.75, 3.05) is 5.32 Å². The largest absolute Gasteiger partial charge is 0.370 e. The first-order chi connectivity index (χ1) is 9.45. The maximum atomic E-state index is 6.01. The maximum Gasteiger partial charge on any atom is 0.193 e. The van der Waals surface area contributed by atoms with Crippen LogP contribution in [0.1, 0.15) is 16.8 Å². The summed E-state index contributed by atoms with van der Waals surface area (Å²) in [6.07, 6.45) is 1.74. The van der Waals surface area contributed by atoms with E-state index in [1.165, 1.54) is 11.1 Å². The first-order valence-electron chi connectivity index (χ1n) is 6.28. The van der Waals surface area contributed by atoms with E-state index in [-0.39, 0.29) is 0 Å². The molecule has 1 aromatic carbocycles. The highest BCUT2D eigenvalue weighted by atomic mass is 35.5. The first-order valence-corrected chi connectivity index (χ1v) is 6.65. The van der Waals surface area contributed by atoms with Crippen molar-refractivity contribution in [1.82, 2.24) is 9.78 Å². The summed E-state index contributed by atoms with van der Waals surface area (Å²) in [6, 6.07) is 6.05. The fourth-order valence-corrected chi connectivity index (χ4v) is 2.02. The third-order valence-corrected chi connectivity index (χ3v) is 3.35. The summed E-state index contributed by atoms with van der Waals surface area (Å²) in [5.74, 6) is 0.343. The minimum atomic E-state index is 0.343. The highest BCUT2D eigenvalue weighted by Crippen LogP contribution is 2.15. The van der Waals surface area contributed by atoms with E-state index in [0.717, 1.165) is 5.69 Å². The number of nitrogens with two attached hydrogens (primary N) is 1. The van der Waals surface area contributed by atoms with Crippen molar-refractivity contribution >= 4 is 23.2 Å². The van der Waals surface area contributed by atoms with Crippen molar-refractivity contribution in [2.45, 2.75) is 20.4 Å². The molecule has 5 nitrogen and oxygen atoms in total. The van der Waals surface area contributed by atoms with Gasteiger partial charge in [-0.25, -0.2) is 4.99 Å². The molecule has 3 N–H and O–H groups in total. The zero-order chi connectivity index (χ0) is 14.7. The summed E-state index contributed by atoms with van der Waals surface area (Å²) in [5.41, 5.74) is 9.93. The normalized spacial score (nSPS) is 11.7. The molecule has 0 aliphatic heterocycles. The molecule has 0 saturated heterocycles. The van der Waals surface area contributed by atoms with E-state index in [1.807, 2.05) is 25.2 Å². The molecule has 0 atom stereocenters. The Morgan fingerprint density at radius 2 is 2.15 bits per heavy atom. The van der Waals surface area contributed by atoms with Gasteiger partial charge in [0, 0.05) is 18.9 Å². The molecule has 0 unspecified atom stereocenters. The summed E-state index contributed by atoms with van der Waals surface area (Å²) < 4.78 is 1.65. The lowest BCUT2D eigenvalue weighted by Gasteiger charge is -2.07. The van der Waals surface area contributed by atoms with E-state index in [1.54, 1.807) is 10.9 Å². The number of anilines is 1. The van der Waals surface area contributed by atoms with E-state index in [2.05, 4.69) is 29.3 Å². The van der Waals surface area contributed by atoms with Gasteiger partial charge < -0.3 is 11.1 Å². The van der Waals surface area contributed by atoms with Crippen molar-refractivity contribution < 1.29 is 0 Å². The Bertz CT molecular complexity index is 645. The van der Waals surface area contributed by atoms with E-state index < -0.39 is 0 Å². The summed E-state index contributed by atoms with van der Waals surface area (Å²) >= 11 is 6.01. The van der Waals surface area contributed by atoms with Gasteiger partial charge >= 0.3 is 0 Å². The van der Waals surface area contributed by atoms with Crippen molar-refractivity contribution in [2.24, 2.45) is 17.8 Å². The Balaban J connectivity index is 2.03. The predicted octanol–water partition coefficient (Wildman–Crippen LogP) is 2.62. The Morgan fingerprint density at radius 3 is 2.75 bits per heavy atom. The molecular weight excluding hydrogens is 274 g/mol. The van der Waals surface area contributed by atoms with Gasteiger partial charge in [-0.05, 0) is 37.1 Å². The van der Waals surface area contributed by atoms with Gasteiger partial charge in [0.2, 0.25) is 0 Å². The number of aliphatic imine (C=N–C) groups is 1. The lowest BCUT2D eigenvalue weighted by Crippen LogP contribution is -2.22. The lowest BCUT2D eigenvalue weighted by atomic mass is 10.1. The summed E-state index contributed by atoms with van der Waals surface area (Å²) in [6.45, 7) is 4.48. The molecule has 0 radical (unpaired) electrons. The number of guanidine groups is 1. The van der Waals surface area contributed by atoms with E-state index in [4.69, 9.17) is 17.3 Å². The highest BCUT2D eigenvalue weighted by Gasteiger charge is 2.04. The molecule has 0 bridgehead atoms. The smallest absolute Gasteiger partial charge is 0.193 e. The third kappa shape index (κ3) is 3.51. The molecule has 106 valence electrons. The van der Waals surface area contributed by atoms with Crippen molar-refractivity contribution in [3.8, 4) is 0 Å². The fraction of sp³-hybridized carbons (Fsp3) is 0.286. The van der Waals surface area contributed by atoms with Gasteiger partial charge in [-0.15, -0.1) is 0 Å². The molecular formula is C14H18ClN5. The van der Waals surface area contributed by atoms with Crippen LogP contribution in [-0.2, 0) is 13.6 Å². The van der Waals surface area contributed by atoms with Crippen LogP contribution < -0.4 is 11.1 Å². The van der Waals surface area contributed by atoms with Crippen LogP contribution >= 0.6 is 11.6 Å². The molecule has 6 heteroatoms. The predicted molar refractivity (Wildman–Crippen MR) is 83.1 cm³/mol. The molecule has 0 saturated carbocycles. The van der Waals surface area contributed by atoms with Crippen LogP contribution in [0, 0.1) is 13.8 Å². The third-order valence-electron chi connectivity index (χ3n) is 3.03. The molecule has 1 aromatic heterocycles. The van der Waals surface area contributed by atoms with Gasteiger partial charge in [-0.1, -0.05) is 17.7 Å². The van der Waals surface area contributed by atoms with Gasteiger partial charge in [-0.2, -0.15) is 5.10 Å². The number of benzene rings is 1. The maximum absolute atomic E-state index is 6.01. The van der Waals surface area contributed by atoms with E-state index in [0.29, 0.717) is 23.2 Å². The van der Waals surface area contributed by atoms with Gasteiger partial charge in [0.15, 0.2) is 5.96 Å². The van der Waals surface area contributed by atoms with Gasteiger partial charge in [0.05, 0.1) is 11.6 Å². The number of nitrogens with zero attached hydrogens (tertiary/aromatic N) is 3. The van der Waals surface area contributed by atoms with E-state index >= 15 is 0 Å². The van der Waals surface area contributed by atoms with E-state index in [9.17, 15) is 0 Å². The monoisotopic (exact) mass is 291 g/mol. The van der Waals surface area contributed by atoms with Gasteiger partial charge in [0.1, 0.15) is 5.69 Å². The minimum Gasteiger partial charge on any atom is -0.370 e. The quantitative estimate of drug-likeness (QED) is 0.675. The van der Waals surface area contributed by atoms with Crippen LogP contribution in [0.3, 0.4) is 0 Å². The second-order valence-corrected chi connectivity index (χ2v) is 5.13. The Labute approximate surface area is 123 Å². The van der Waals surface area contributed by atoms with Crippen LogP contribution in [0.4, 0.5) is 5.69 Å². The molecule has 2 aromatic rings. The molecule has 20 heavy (non-hydrogen) atoms. The van der Waals surface area contributed by atoms with Crippen LogP contribution in [-0.4, -0.2) is 15.7 Å². The fourth-order valence-electron chi connectivity index (χ4n) is 1.78. The molecule has 0 spiro atoms. The number of hydrogen-bond donors (Lipinski definition) is 2. The van der Waals surface area contributed by atoms with Crippen molar-refractivity contribution in [3.05, 3.63) is 46.2 Å². The topological polar surface area (TPSA) is 68.2 Å². The van der Waals surface area contributed by atoms with Crippen molar-refractivity contribution in [1.29, 1.82) is 0 Å². The highest BCUT2D eigenvalue weighted by molar-refractivity contribution is 6.31. The Hall–Kier alpha value is -2.01. The molecule has 0 aliphatic rings. The second-order valence-electron chi connectivity index (χ2n) is 4.72. The van der Waals surface area contributed by atoms with Crippen LogP contribution in [0.2, 0.25) is 5.02 Å². The number of aromatic nitrogens is 2. The summed E-state index contributed by atoms with van der Waals surface area (Å²) in [7, 11) is 1.82. The lowest BCUT2D eigenvalue weighted by molar-refractivity contribution is 0.743. The number of halogens is 1. The zero-order valence-electron chi connectivity index (χ0n) is 11.8. The Morgan fingerprint density at radius 1 is 1.40 bits per heavy atom. The van der Waals surface area contributed by atoms with Crippen molar-refractivity contribution in [3.63, 3.8) is 0 Å². The average Bonchev–Trinajstić information content (AvgIpc) is 2.70. The zero-order valence-corrected chi connectivity index (χ0v) is 12.6. The Kier molecular flexibility index (Phi) is 4.29. The van der Waals surface area contributed by atoms with Crippen LogP contribution in [0.25, 0.3) is 0 Å². The van der Waals surface area contributed by atoms with Gasteiger partial charge in [0.25, 0.3) is 0 Å². The average molecular weight is 292 g/mol. The first kappa shape index (κ1) is 14.4.